The highest BCUT2D eigenvalue weighted by Crippen LogP contribution is 2.43. The summed E-state index contributed by atoms with van der Waals surface area (Å²) < 4.78 is 6.33. The molecule has 0 fully saturated rings. The molecule has 1 N–H and O–H groups in total. The lowest BCUT2D eigenvalue weighted by Crippen LogP contribution is -2.11. The number of hydrogen-bond donors (Lipinski definition) is 1. The number of nitrogens with zero attached hydrogens (tertiary/aromatic N) is 1. The topological polar surface area (TPSA) is 28.4 Å². The third-order valence-electron chi connectivity index (χ3n) is 9.12. The molecule has 0 amide bonds. The average molecular weight is 591 g/mol. The average Bonchev–Trinajstić information content (AvgIpc) is 3.52. The van der Waals surface area contributed by atoms with Crippen molar-refractivity contribution >= 4 is 55.7 Å². The van der Waals surface area contributed by atoms with Gasteiger partial charge < -0.3 is 14.6 Å². The maximum Gasteiger partial charge on any atom is 0.137 e. The summed E-state index contributed by atoms with van der Waals surface area (Å²) in [5, 5.41) is 9.48. The van der Waals surface area contributed by atoms with Gasteiger partial charge in [0.05, 0.1) is 17.6 Å². The third-order valence-corrected chi connectivity index (χ3v) is 9.12. The van der Waals surface area contributed by atoms with E-state index in [0.717, 1.165) is 39.4 Å². The lowest BCUT2D eigenvalue weighted by atomic mass is 9.97. The summed E-state index contributed by atoms with van der Waals surface area (Å²) in [5.74, 6) is 0.962. The van der Waals surface area contributed by atoms with Crippen LogP contribution in [-0.4, -0.2) is 0 Å². The summed E-state index contributed by atoms with van der Waals surface area (Å²) in [7, 11) is 0. The Kier molecular flexibility index (Phi) is 6.20. The number of hydrogen-bond acceptors (Lipinski definition) is 3. The lowest BCUT2D eigenvalue weighted by molar-refractivity contribution is 0.532. The summed E-state index contributed by atoms with van der Waals surface area (Å²) in [5.41, 5.74) is 10.1. The predicted molar refractivity (Wildman–Crippen MR) is 193 cm³/mol. The smallest absolute Gasteiger partial charge is 0.137 e. The van der Waals surface area contributed by atoms with Crippen LogP contribution in [-0.2, 0) is 6.54 Å². The zero-order valence-corrected chi connectivity index (χ0v) is 25.2. The molecule has 1 aromatic heterocycles. The molecule has 3 heteroatoms. The van der Waals surface area contributed by atoms with Gasteiger partial charge in [0.2, 0.25) is 0 Å². The first-order valence-corrected chi connectivity index (χ1v) is 15.7. The number of furan rings is 1. The number of fused-ring (bicyclic) bond motifs is 6. The molecule has 0 radical (unpaired) electrons. The highest BCUT2D eigenvalue weighted by molar-refractivity contribution is 6.09. The van der Waals surface area contributed by atoms with Crippen LogP contribution in [0.4, 0.5) is 17.1 Å². The fourth-order valence-corrected chi connectivity index (χ4v) is 6.84. The monoisotopic (exact) mass is 590 g/mol. The van der Waals surface area contributed by atoms with Gasteiger partial charge in [0.1, 0.15) is 11.3 Å². The van der Waals surface area contributed by atoms with Gasteiger partial charge in [-0.25, -0.2) is 0 Å². The van der Waals surface area contributed by atoms with Crippen LogP contribution in [0.25, 0.3) is 60.8 Å². The Balaban J connectivity index is 1.17. The molecular weight excluding hydrogens is 560 g/mol. The standard InChI is InChI=1S/C43H30N2O/c1-2-7-29(8-3-1)30-17-21-35(22-18-30)45(40-11-6-12-41-43(40)38-25-26-44-28-42(38)46-41)36-23-19-31(20-24-36)34-16-15-33-14-13-32-9-4-5-10-37(32)39(33)27-34/h1-27,44H,28H2. The van der Waals surface area contributed by atoms with E-state index in [1.54, 1.807) is 0 Å². The molecule has 1 aliphatic rings. The predicted octanol–water partition coefficient (Wildman–Crippen LogP) is 11.6. The maximum atomic E-state index is 6.33. The Morgan fingerprint density at radius 2 is 1.15 bits per heavy atom. The van der Waals surface area contributed by atoms with Crippen molar-refractivity contribution in [3.63, 3.8) is 0 Å². The van der Waals surface area contributed by atoms with Crippen molar-refractivity contribution in [2.24, 2.45) is 0 Å². The second-order valence-corrected chi connectivity index (χ2v) is 11.8. The number of nitrogens with one attached hydrogen (secondary N) is 1. The second-order valence-electron chi connectivity index (χ2n) is 11.8. The van der Waals surface area contributed by atoms with Crippen LogP contribution in [0.15, 0.2) is 162 Å². The molecule has 0 unspecified atom stereocenters. The fraction of sp³-hybridized carbons (Fsp3) is 0.0233. The van der Waals surface area contributed by atoms with Crippen LogP contribution in [0.1, 0.15) is 11.3 Å². The van der Waals surface area contributed by atoms with Gasteiger partial charge in [0.15, 0.2) is 0 Å². The van der Waals surface area contributed by atoms with Gasteiger partial charge in [-0.05, 0) is 98.5 Å². The largest absolute Gasteiger partial charge is 0.458 e. The van der Waals surface area contributed by atoms with Crippen molar-refractivity contribution in [1.82, 2.24) is 5.32 Å². The van der Waals surface area contributed by atoms with Crippen LogP contribution in [0.2, 0.25) is 0 Å². The molecule has 1 aliphatic heterocycles. The van der Waals surface area contributed by atoms with E-state index in [2.05, 4.69) is 168 Å². The minimum absolute atomic E-state index is 0.682. The molecule has 0 spiro atoms. The third kappa shape index (κ3) is 4.44. The molecular formula is C43H30N2O. The zero-order chi connectivity index (χ0) is 30.5. The molecule has 218 valence electrons. The van der Waals surface area contributed by atoms with Gasteiger partial charge in [-0.2, -0.15) is 0 Å². The van der Waals surface area contributed by atoms with Crippen LogP contribution in [0.5, 0.6) is 0 Å². The molecule has 0 saturated carbocycles. The van der Waals surface area contributed by atoms with Gasteiger partial charge in [-0.3, -0.25) is 0 Å². The molecule has 8 aromatic rings. The first-order valence-electron chi connectivity index (χ1n) is 15.7. The highest BCUT2D eigenvalue weighted by Gasteiger charge is 2.22. The first kappa shape index (κ1) is 26.4. The molecule has 7 aromatic carbocycles. The summed E-state index contributed by atoms with van der Waals surface area (Å²) in [6.07, 6.45) is 4.13. The van der Waals surface area contributed by atoms with E-state index in [1.807, 2.05) is 6.20 Å². The SMILES string of the molecule is C1=Cc2c(oc3cccc(N(c4ccc(-c5ccccc5)cc4)c4ccc(-c5ccc6ccc7ccccc7c6c5)cc4)c23)CN1. The van der Waals surface area contributed by atoms with Crippen molar-refractivity contribution in [3.8, 4) is 22.3 Å². The minimum atomic E-state index is 0.682. The van der Waals surface area contributed by atoms with Gasteiger partial charge in [0.25, 0.3) is 0 Å². The van der Waals surface area contributed by atoms with Gasteiger partial charge in [0, 0.05) is 16.9 Å². The molecule has 9 rings (SSSR count). The Bertz CT molecular complexity index is 2400. The quantitative estimate of drug-likeness (QED) is 0.202. The Morgan fingerprint density at radius 1 is 0.522 bits per heavy atom. The van der Waals surface area contributed by atoms with Crippen LogP contribution in [0.3, 0.4) is 0 Å². The Morgan fingerprint density at radius 3 is 1.93 bits per heavy atom. The molecule has 0 aliphatic carbocycles. The number of benzene rings is 7. The minimum Gasteiger partial charge on any atom is -0.458 e. The number of rotatable bonds is 5. The van der Waals surface area contributed by atoms with Crippen molar-refractivity contribution in [2.75, 3.05) is 4.90 Å². The summed E-state index contributed by atoms with van der Waals surface area (Å²) >= 11 is 0. The molecule has 0 saturated heterocycles. The molecule has 0 atom stereocenters. The molecule has 0 bridgehead atoms. The summed E-state index contributed by atoms with van der Waals surface area (Å²) in [6, 6.07) is 54.5. The van der Waals surface area contributed by atoms with E-state index in [0.29, 0.717) is 6.54 Å². The Labute approximate surface area is 267 Å². The van der Waals surface area contributed by atoms with Gasteiger partial charge in [-0.15, -0.1) is 0 Å². The lowest BCUT2D eigenvalue weighted by Gasteiger charge is -2.27. The highest BCUT2D eigenvalue weighted by atomic mass is 16.3. The van der Waals surface area contributed by atoms with Crippen molar-refractivity contribution in [2.45, 2.75) is 6.54 Å². The molecule has 46 heavy (non-hydrogen) atoms. The van der Waals surface area contributed by atoms with E-state index >= 15 is 0 Å². The van der Waals surface area contributed by atoms with Crippen molar-refractivity contribution in [3.05, 3.63) is 169 Å². The van der Waals surface area contributed by atoms with Crippen molar-refractivity contribution in [1.29, 1.82) is 0 Å². The molecule has 3 nitrogen and oxygen atoms in total. The second kappa shape index (κ2) is 10.8. The van der Waals surface area contributed by atoms with Crippen molar-refractivity contribution < 1.29 is 4.42 Å². The first-order chi connectivity index (χ1) is 22.8. The Hall–Kier alpha value is -6.06. The fourth-order valence-electron chi connectivity index (χ4n) is 6.84. The number of anilines is 3. The van der Waals surface area contributed by atoms with Crippen LogP contribution < -0.4 is 10.2 Å². The van der Waals surface area contributed by atoms with Gasteiger partial charge >= 0.3 is 0 Å². The maximum absolute atomic E-state index is 6.33. The molecule has 2 heterocycles. The summed E-state index contributed by atoms with van der Waals surface area (Å²) in [4.78, 5) is 2.35. The van der Waals surface area contributed by atoms with E-state index in [1.165, 1.54) is 43.8 Å². The van der Waals surface area contributed by atoms with Crippen LogP contribution >= 0.6 is 0 Å². The van der Waals surface area contributed by atoms with E-state index in [-0.39, 0.29) is 0 Å². The van der Waals surface area contributed by atoms with E-state index in [9.17, 15) is 0 Å². The van der Waals surface area contributed by atoms with Crippen LogP contribution in [0, 0.1) is 0 Å². The normalized spacial score (nSPS) is 12.3. The summed E-state index contributed by atoms with van der Waals surface area (Å²) in [6.45, 7) is 0.682. The van der Waals surface area contributed by atoms with E-state index in [4.69, 9.17) is 4.42 Å². The van der Waals surface area contributed by atoms with Gasteiger partial charge in [-0.1, -0.05) is 109 Å². The zero-order valence-electron chi connectivity index (χ0n) is 25.2. The van der Waals surface area contributed by atoms with E-state index < -0.39 is 0 Å².